The fraction of sp³-hybridized carbons (Fsp3) is 0.243. The molecule has 9 aromatic heterocycles. The SMILES string of the molecule is COCC(=O)N[C@@H](C)CNc1nccc(-c2oc(-c3ccc(F)cc3)nc2-c2cnc(N)c(OC)n2)n1.COc1cc(-c2nc(-c3ccc(F)cc3)oc2-c2ccnc(NCC(C)C)n2)cnc1N.COc1nc(-c2nc(-c3ccc(C(F)(F)F)cc3)oc2-c2ccnc(NCC(C)C)n2)cnc1N. The van der Waals surface area contributed by atoms with Gasteiger partial charge in [-0.15, -0.1) is 0 Å². The van der Waals surface area contributed by atoms with Crippen LogP contribution in [0.5, 0.6) is 17.5 Å². The number of nitrogens with zero attached hydrogens (tertiary/aromatic N) is 14. The third-order valence-corrected chi connectivity index (χ3v) is 14.6. The maximum Gasteiger partial charge on any atom is 0.416 e. The van der Waals surface area contributed by atoms with E-state index in [-0.39, 0.29) is 94.1 Å². The Labute approximate surface area is 591 Å². The molecule has 0 saturated carbocycles. The van der Waals surface area contributed by atoms with Gasteiger partial charge in [0.15, 0.2) is 40.5 Å². The number of hydrogen-bond acceptors (Lipinski definition) is 28. The lowest BCUT2D eigenvalue weighted by Gasteiger charge is -2.14. The Hall–Kier alpha value is -12.9. The maximum atomic E-state index is 13.5. The number of nitrogens with one attached hydrogen (secondary N) is 4. The Morgan fingerprint density at radius 1 is 0.462 bits per heavy atom. The van der Waals surface area contributed by atoms with Gasteiger partial charge in [0.25, 0.3) is 11.8 Å². The largest absolute Gasteiger partial charge is 0.493 e. The van der Waals surface area contributed by atoms with Crippen LogP contribution in [0.2, 0.25) is 0 Å². The van der Waals surface area contributed by atoms with Gasteiger partial charge >= 0.3 is 6.18 Å². The van der Waals surface area contributed by atoms with Crippen molar-refractivity contribution in [3.63, 3.8) is 0 Å². The standard InChI is InChI=1S/C24H25FN8O4.C23H22F3N7O2.C23H23FN6O2/c1-13(30-18(34)12-35-2)10-29-24-27-9-8-16(32-24)20-19(17-11-28-21(26)23(31-17)36-3)33-22(37-20)14-4-6-15(25)7-5-14;1-12(2)10-30-22-28-9-8-15(32-22)18-17(16-11-29-19(27)21(31-16)34-3)33-20(35-18)13-4-6-14(7-5-13)23(24,25)26;1-13(2)11-28-23-26-9-8-17(29-23)20-19(15-10-18(31-3)21(25)27-12-15)30-22(32-20)14-4-6-16(24)7-5-14/h4-9,11,13H,10,12H2,1-3H3,(H2,26,28)(H,30,34)(H,27,29,32);4-9,11-12H,10H2,1-3H3,(H2,27,29)(H,28,30,32);4-10,12-13H,11H2,1-3H3,(H2,25,27)(H,26,28,29)/t13-;;/m0../s1. The molecule has 34 heteroatoms. The molecule has 29 nitrogen and oxygen atoms in total. The van der Waals surface area contributed by atoms with E-state index >= 15 is 0 Å². The van der Waals surface area contributed by atoms with E-state index in [1.165, 1.54) is 77.2 Å². The van der Waals surface area contributed by atoms with Gasteiger partial charge in [0.2, 0.25) is 41.4 Å². The van der Waals surface area contributed by atoms with Gasteiger partial charge in [0.1, 0.15) is 63.8 Å². The molecule has 3 aromatic carbocycles. The van der Waals surface area contributed by atoms with Crippen molar-refractivity contribution in [1.29, 1.82) is 0 Å². The van der Waals surface area contributed by atoms with Crippen LogP contribution in [0.3, 0.4) is 0 Å². The molecule has 12 rings (SSSR count). The number of carbonyl (C=O) groups is 1. The van der Waals surface area contributed by atoms with Crippen LogP contribution in [0.25, 0.3) is 103 Å². The summed E-state index contributed by atoms with van der Waals surface area (Å²) in [5.41, 5.74) is 21.9. The second kappa shape index (κ2) is 33.5. The number of hydrogen-bond donors (Lipinski definition) is 7. The Bertz CT molecular complexity index is 4890. The lowest BCUT2D eigenvalue weighted by molar-refractivity contribution is -0.137. The number of benzene rings is 3. The number of alkyl halides is 3. The highest BCUT2D eigenvalue weighted by molar-refractivity contribution is 5.81. The molecule has 0 aliphatic carbocycles. The number of amides is 1. The Morgan fingerprint density at radius 3 is 1.25 bits per heavy atom. The van der Waals surface area contributed by atoms with Crippen LogP contribution in [0.4, 0.5) is 57.3 Å². The highest BCUT2D eigenvalue weighted by Crippen LogP contribution is 2.41. The van der Waals surface area contributed by atoms with Crippen molar-refractivity contribution in [3.8, 4) is 120 Å². The van der Waals surface area contributed by atoms with Crippen LogP contribution in [-0.4, -0.2) is 136 Å². The molecule has 0 radical (unpaired) electrons. The summed E-state index contributed by atoms with van der Waals surface area (Å²) in [7, 11) is 5.80. The molecule has 12 aromatic rings. The van der Waals surface area contributed by atoms with Gasteiger partial charge in [-0.1, -0.05) is 27.7 Å². The van der Waals surface area contributed by atoms with Crippen molar-refractivity contribution in [1.82, 2.24) is 75.1 Å². The average molecular weight is 1430 g/mol. The number of methoxy groups -OCH3 is 4. The quantitative estimate of drug-likeness (QED) is 0.0276. The van der Waals surface area contributed by atoms with Gasteiger partial charge in [-0.05, 0) is 116 Å². The first-order valence-corrected chi connectivity index (χ1v) is 31.8. The highest BCUT2D eigenvalue weighted by atomic mass is 19.4. The van der Waals surface area contributed by atoms with Crippen LogP contribution in [0.15, 0.2) is 147 Å². The third kappa shape index (κ3) is 18.7. The van der Waals surface area contributed by atoms with Crippen molar-refractivity contribution in [3.05, 3.63) is 151 Å². The first-order valence-electron chi connectivity index (χ1n) is 31.8. The first kappa shape index (κ1) is 73.8. The third-order valence-electron chi connectivity index (χ3n) is 14.6. The number of ether oxygens (including phenoxy) is 4. The zero-order valence-corrected chi connectivity index (χ0v) is 57.4. The van der Waals surface area contributed by atoms with Crippen LogP contribution in [0, 0.1) is 23.5 Å². The van der Waals surface area contributed by atoms with Crippen molar-refractivity contribution in [2.45, 2.75) is 46.8 Å². The van der Waals surface area contributed by atoms with Gasteiger partial charge in [0, 0.05) is 79.8 Å². The summed E-state index contributed by atoms with van der Waals surface area (Å²) >= 11 is 0. The predicted molar refractivity (Wildman–Crippen MR) is 377 cm³/mol. The van der Waals surface area contributed by atoms with Gasteiger partial charge in [-0.3, -0.25) is 4.79 Å². The van der Waals surface area contributed by atoms with E-state index in [1.54, 1.807) is 73.3 Å². The van der Waals surface area contributed by atoms with Crippen LogP contribution < -0.4 is 52.7 Å². The Kier molecular flexibility index (Phi) is 23.8. The summed E-state index contributed by atoms with van der Waals surface area (Å²) in [5, 5.41) is 12.2. The van der Waals surface area contributed by atoms with E-state index in [0.29, 0.717) is 117 Å². The van der Waals surface area contributed by atoms with Crippen molar-refractivity contribution < 1.29 is 58.9 Å². The molecule has 0 aliphatic heterocycles. The van der Waals surface area contributed by atoms with Crippen LogP contribution in [0.1, 0.15) is 40.2 Å². The summed E-state index contributed by atoms with van der Waals surface area (Å²) in [4.78, 5) is 73.0. The molecule has 104 heavy (non-hydrogen) atoms. The van der Waals surface area contributed by atoms with Gasteiger partial charge < -0.3 is 70.7 Å². The summed E-state index contributed by atoms with van der Waals surface area (Å²) in [5.74, 6) is 3.69. The lowest BCUT2D eigenvalue weighted by Crippen LogP contribution is -2.39. The van der Waals surface area contributed by atoms with Crippen LogP contribution >= 0.6 is 0 Å². The molecule has 9 heterocycles. The molecular formula is C70H70F5N21O8. The van der Waals surface area contributed by atoms with E-state index in [1.807, 2.05) is 6.92 Å². The minimum Gasteiger partial charge on any atom is -0.493 e. The monoisotopic (exact) mass is 1430 g/mol. The molecule has 0 spiro atoms. The molecule has 0 unspecified atom stereocenters. The van der Waals surface area contributed by atoms with E-state index in [2.05, 4.69) is 119 Å². The second-order valence-corrected chi connectivity index (χ2v) is 23.4. The number of carbonyl (C=O) groups excluding carboxylic acids is 1. The highest BCUT2D eigenvalue weighted by Gasteiger charge is 2.31. The molecule has 0 saturated heterocycles. The second-order valence-electron chi connectivity index (χ2n) is 23.4. The number of nitrogen functional groups attached to an aromatic ring is 3. The topological polar surface area (TPSA) is 400 Å². The molecule has 0 fully saturated rings. The summed E-state index contributed by atoms with van der Waals surface area (Å²) in [6.07, 6.45) is 4.74. The van der Waals surface area contributed by atoms with Crippen molar-refractivity contribution in [2.75, 3.05) is 87.8 Å². The predicted octanol–water partition coefficient (Wildman–Crippen LogP) is 12.1. The smallest absolute Gasteiger partial charge is 0.416 e. The fourth-order valence-electron chi connectivity index (χ4n) is 9.47. The molecule has 1 atom stereocenters. The summed E-state index contributed by atoms with van der Waals surface area (Å²) < 4.78 is 105. The molecule has 10 N–H and O–H groups in total. The van der Waals surface area contributed by atoms with E-state index in [4.69, 9.17) is 49.4 Å². The minimum absolute atomic E-state index is 0.0280. The number of aromatic nitrogens is 14. The van der Waals surface area contributed by atoms with Crippen molar-refractivity contribution in [2.24, 2.45) is 11.8 Å². The summed E-state index contributed by atoms with van der Waals surface area (Å²) in [6.45, 7) is 11.9. The van der Waals surface area contributed by atoms with Gasteiger partial charge in [0.05, 0.1) is 39.3 Å². The number of rotatable bonds is 24. The van der Waals surface area contributed by atoms with Gasteiger partial charge in [-0.25, -0.2) is 78.6 Å². The van der Waals surface area contributed by atoms with Crippen LogP contribution in [-0.2, 0) is 15.7 Å². The maximum absolute atomic E-state index is 13.5. The van der Waals surface area contributed by atoms with Crippen molar-refractivity contribution >= 4 is 41.2 Å². The van der Waals surface area contributed by atoms with E-state index < -0.39 is 11.7 Å². The summed E-state index contributed by atoms with van der Waals surface area (Å²) in [6, 6.07) is 22.7. The fourth-order valence-corrected chi connectivity index (χ4v) is 9.47. The first-order chi connectivity index (χ1) is 50.0. The number of anilines is 6. The van der Waals surface area contributed by atoms with E-state index in [9.17, 15) is 26.7 Å². The number of pyridine rings is 1. The average Bonchev–Trinajstić information content (AvgIpc) is 1.64. The number of nitrogens with two attached hydrogens (primary N) is 3. The van der Waals surface area contributed by atoms with E-state index in [0.717, 1.165) is 18.7 Å². The lowest BCUT2D eigenvalue weighted by atomic mass is 10.1. The molecule has 1 amide bonds. The zero-order valence-electron chi connectivity index (χ0n) is 57.4. The Balaban J connectivity index is 0.000000168. The molecule has 538 valence electrons. The van der Waals surface area contributed by atoms with Gasteiger partial charge in [-0.2, -0.15) is 13.2 Å². The minimum atomic E-state index is -4.46. The molecule has 0 aliphatic rings. The Morgan fingerprint density at radius 2 is 0.856 bits per heavy atom. The molecular weight excluding hydrogens is 1360 g/mol. The zero-order chi connectivity index (χ0) is 74.2. The number of halogens is 5. The number of oxazole rings is 3. The normalized spacial score (nSPS) is 11.5. The molecule has 0 bridgehead atoms.